The number of aliphatic hydroxyl groups is 1. The van der Waals surface area contributed by atoms with Crippen LogP contribution in [0.25, 0.3) is 0 Å². The second kappa shape index (κ2) is 6.83. The van der Waals surface area contributed by atoms with Crippen molar-refractivity contribution >= 4 is 28.8 Å². The number of amides is 1. The number of aromatic nitrogens is 1. The molecule has 20 heavy (non-hydrogen) atoms. The zero-order chi connectivity index (χ0) is 14.5. The zero-order valence-electron chi connectivity index (χ0n) is 11.0. The quantitative estimate of drug-likeness (QED) is 0.892. The predicted octanol–water partition coefficient (Wildman–Crippen LogP) is 2.82. The third-order valence-electron chi connectivity index (χ3n) is 2.80. The van der Waals surface area contributed by atoms with Gasteiger partial charge in [-0.1, -0.05) is 36.7 Å². The number of aliphatic hydroxyl groups excluding tert-OH is 1. The smallest absolute Gasteiger partial charge is 0.263 e. The lowest BCUT2D eigenvalue weighted by Crippen LogP contribution is -2.27. The number of thiazole rings is 1. The molecule has 0 fully saturated rings. The molecule has 2 aromatic rings. The van der Waals surface area contributed by atoms with Crippen LogP contribution in [0.2, 0.25) is 5.02 Å². The minimum absolute atomic E-state index is 0.113. The maximum Gasteiger partial charge on any atom is 0.263 e. The van der Waals surface area contributed by atoms with Crippen LogP contribution in [0, 0.1) is 0 Å². The van der Waals surface area contributed by atoms with Gasteiger partial charge in [0.25, 0.3) is 5.91 Å². The van der Waals surface area contributed by atoms with Crippen LogP contribution in [0.15, 0.2) is 30.5 Å². The normalized spacial score (nSPS) is 12.2. The van der Waals surface area contributed by atoms with E-state index in [4.69, 9.17) is 11.6 Å². The summed E-state index contributed by atoms with van der Waals surface area (Å²) in [6.07, 6.45) is 1.53. The first kappa shape index (κ1) is 15.0. The van der Waals surface area contributed by atoms with Crippen molar-refractivity contribution < 1.29 is 9.90 Å². The van der Waals surface area contributed by atoms with Crippen molar-refractivity contribution in [3.05, 3.63) is 50.9 Å². The summed E-state index contributed by atoms with van der Waals surface area (Å²) in [6.45, 7) is 2.10. The molecule has 0 saturated heterocycles. The summed E-state index contributed by atoms with van der Waals surface area (Å²) in [4.78, 5) is 16.6. The van der Waals surface area contributed by atoms with E-state index >= 15 is 0 Å². The Morgan fingerprint density at radius 3 is 2.90 bits per heavy atom. The molecule has 0 aliphatic carbocycles. The third kappa shape index (κ3) is 3.56. The molecule has 6 heteroatoms. The summed E-state index contributed by atoms with van der Waals surface area (Å²) >= 11 is 7.35. The fraction of sp³-hybridized carbons (Fsp3) is 0.286. The van der Waals surface area contributed by atoms with Crippen molar-refractivity contribution in [3.63, 3.8) is 0 Å². The number of carbonyl (C=O) groups is 1. The van der Waals surface area contributed by atoms with Gasteiger partial charge in [-0.2, -0.15) is 0 Å². The van der Waals surface area contributed by atoms with E-state index in [-0.39, 0.29) is 12.5 Å². The molecule has 0 spiro atoms. The van der Waals surface area contributed by atoms with E-state index in [9.17, 15) is 9.90 Å². The summed E-state index contributed by atoms with van der Waals surface area (Å²) < 4.78 is 0. The Morgan fingerprint density at radius 1 is 1.50 bits per heavy atom. The van der Waals surface area contributed by atoms with Crippen molar-refractivity contribution in [2.75, 3.05) is 6.54 Å². The minimum Gasteiger partial charge on any atom is -0.387 e. The number of carbonyl (C=O) groups excluding carboxylic acids is 1. The average Bonchev–Trinajstić information content (AvgIpc) is 2.94. The molecular weight excluding hydrogens is 296 g/mol. The van der Waals surface area contributed by atoms with Gasteiger partial charge in [0.15, 0.2) is 0 Å². The first-order valence-corrected chi connectivity index (χ1v) is 7.46. The highest BCUT2D eigenvalue weighted by molar-refractivity contribution is 7.13. The first-order valence-electron chi connectivity index (χ1n) is 6.27. The monoisotopic (exact) mass is 310 g/mol. The van der Waals surface area contributed by atoms with Crippen molar-refractivity contribution in [1.29, 1.82) is 0 Å². The van der Waals surface area contributed by atoms with Crippen LogP contribution in [-0.2, 0) is 6.42 Å². The van der Waals surface area contributed by atoms with E-state index in [0.717, 1.165) is 11.4 Å². The molecule has 106 valence electrons. The molecule has 0 aliphatic rings. The molecule has 0 saturated carbocycles. The maximum absolute atomic E-state index is 11.9. The van der Waals surface area contributed by atoms with Crippen LogP contribution in [0.3, 0.4) is 0 Å². The highest BCUT2D eigenvalue weighted by Crippen LogP contribution is 2.22. The Labute approximate surface area is 126 Å². The van der Waals surface area contributed by atoms with Gasteiger partial charge >= 0.3 is 0 Å². The van der Waals surface area contributed by atoms with Crippen molar-refractivity contribution in [3.8, 4) is 0 Å². The molecule has 1 unspecified atom stereocenters. The lowest BCUT2D eigenvalue weighted by atomic mass is 10.1. The SMILES string of the molecule is CCc1ncc(C(=O)NCC(O)c2ccccc2Cl)s1. The second-order valence-corrected chi connectivity index (χ2v) is 5.74. The number of hydrogen-bond donors (Lipinski definition) is 2. The molecule has 1 heterocycles. The van der Waals surface area contributed by atoms with E-state index < -0.39 is 6.10 Å². The number of halogens is 1. The second-order valence-electron chi connectivity index (χ2n) is 4.22. The molecule has 0 radical (unpaired) electrons. The van der Waals surface area contributed by atoms with Gasteiger partial charge in [-0.05, 0) is 12.5 Å². The van der Waals surface area contributed by atoms with E-state index in [1.54, 1.807) is 30.5 Å². The van der Waals surface area contributed by atoms with E-state index in [1.807, 2.05) is 6.92 Å². The molecule has 1 atom stereocenters. The molecule has 1 aromatic carbocycles. The van der Waals surface area contributed by atoms with E-state index in [2.05, 4.69) is 10.3 Å². The molecule has 0 bridgehead atoms. The lowest BCUT2D eigenvalue weighted by molar-refractivity contribution is 0.0920. The van der Waals surface area contributed by atoms with Crippen LogP contribution >= 0.6 is 22.9 Å². The Morgan fingerprint density at radius 2 is 2.25 bits per heavy atom. The van der Waals surface area contributed by atoms with Gasteiger partial charge in [0.05, 0.1) is 17.3 Å². The highest BCUT2D eigenvalue weighted by atomic mass is 35.5. The van der Waals surface area contributed by atoms with Gasteiger partial charge in [-0.25, -0.2) is 4.98 Å². The topological polar surface area (TPSA) is 62.2 Å². The summed E-state index contributed by atoms with van der Waals surface area (Å²) in [6, 6.07) is 7.03. The number of aryl methyl sites for hydroxylation is 1. The van der Waals surface area contributed by atoms with Crippen molar-refractivity contribution in [2.24, 2.45) is 0 Å². The lowest BCUT2D eigenvalue weighted by Gasteiger charge is -2.13. The van der Waals surface area contributed by atoms with Crippen LogP contribution in [0.1, 0.15) is 33.3 Å². The molecule has 1 aromatic heterocycles. The van der Waals surface area contributed by atoms with Crippen molar-refractivity contribution in [1.82, 2.24) is 10.3 Å². The molecule has 0 aliphatic heterocycles. The Hall–Kier alpha value is -1.43. The molecule has 2 rings (SSSR count). The number of nitrogens with zero attached hydrogens (tertiary/aromatic N) is 1. The number of benzene rings is 1. The first-order chi connectivity index (χ1) is 9.61. The Balaban J connectivity index is 1.95. The molecule has 1 amide bonds. The highest BCUT2D eigenvalue weighted by Gasteiger charge is 2.14. The largest absolute Gasteiger partial charge is 0.387 e. The zero-order valence-corrected chi connectivity index (χ0v) is 12.5. The summed E-state index contributed by atoms with van der Waals surface area (Å²) in [5, 5.41) is 14.1. The number of hydrogen-bond acceptors (Lipinski definition) is 4. The average molecular weight is 311 g/mol. The Bertz CT molecular complexity index is 600. The predicted molar refractivity (Wildman–Crippen MR) is 80.2 cm³/mol. The molecule has 2 N–H and O–H groups in total. The Kier molecular flexibility index (Phi) is 5.11. The van der Waals surface area contributed by atoms with Gasteiger partial charge in [0.1, 0.15) is 4.88 Å². The number of rotatable bonds is 5. The fourth-order valence-electron chi connectivity index (χ4n) is 1.71. The maximum atomic E-state index is 11.9. The van der Waals surface area contributed by atoms with E-state index in [0.29, 0.717) is 15.5 Å². The van der Waals surface area contributed by atoms with Gasteiger partial charge in [-0.3, -0.25) is 4.79 Å². The summed E-state index contributed by atoms with van der Waals surface area (Å²) in [5.41, 5.74) is 0.605. The van der Waals surface area contributed by atoms with Crippen LogP contribution in [-0.4, -0.2) is 22.5 Å². The fourth-order valence-corrected chi connectivity index (χ4v) is 2.75. The van der Waals surface area contributed by atoms with Crippen molar-refractivity contribution in [2.45, 2.75) is 19.4 Å². The van der Waals surface area contributed by atoms with E-state index in [1.165, 1.54) is 11.3 Å². The van der Waals surface area contributed by atoms with Crippen LogP contribution in [0.4, 0.5) is 0 Å². The van der Waals surface area contributed by atoms with Crippen LogP contribution in [0.5, 0.6) is 0 Å². The van der Waals surface area contributed by atoms with Crippen LogP contribution < -0.4 is 5.32 Å². The molecular formula is C14H15ClN2O2S. The van der Waals surface area contributed by atoms with Gasteiger partial charge in [0.2, 0.25) is 0 Å². The number of nitrogens with one attached hydrogen (secondary N) is 1. The molecule has 4 nitrogen and oxygen atoms in total. The summed E-state index contributed by atoms with van der Waals surface area (Å²) in [7, 11) is 0. The van der Waals surface area contributed by atoms with Gasteiger partial charge < -0.3 is 10.4 Å². The standard InChI is InChI=1S/C14H15ClN2O2S/c1-2-13-16-8-12(20-13)14(19)17-7-11(18)9-5-3-4-6-10(9)15/h3-6,8,11,18H,2,7H2,1H3,(H,17,19). The summed E-state index contributed by atoms with van der Waals surface area (Å²) in [5.74, 6) is -0.228. The third-order valence-corrected chi connectivity index (χ3v) is 4.28. The van der Waals surface area contributed by atoms with Gasteiger partial charge in [0, 0.05) is 17.1 Å². The minimum atomic E-state index is -0.828. The van der Waals surface area contributed by atoms with Gasteiger partial charge in [-0.15, -0.1) is 11.3 Å².